The van der Waals surface area contributed by atoms with Crippen LogP contribution in [-0.4, -0.2) is 15.0 Å². The molecule has 12 rings (SSSR count). The van der Waals surface area contributed by atoms with Crippen LogP contribution >= 0.6 is 0 Å². The van der Waals surface area contributed by atoms with Gasteiger partial charge in [-0.3, -0.25) is 0 Å². The highest BCUT2D eigenvalue weighted by atomic mass is 16.5. The summed E-state index contributed by atoms with van der Waals surface area (Å²) in [5, 5.41) is 11.7. The van der Waals surface area contributed by atoms with E-state index in [9.17, 15) is 5.26 Å². The molecule has 10 aromatic rings. The first-order valence-corrected chi connectivity index (χ1v) is 20.7. The van der Waals surface area contributed by atoms with E-state index < -0.39 is 5.41 Å². The van der Waals surface area contributed by atoms with Gasteiger partial charge in [0.2, 0.25) is 0 Å². The van der Waals surface area contributed by atoms with Gasteiger partial charge in [0.25, 0.3) is 0 Å². The minimum Gasteiger partial charge on any atom is -0.457 e. The normalized spacial score (nSPS) is 12.8. The summed E-state index contributed by atoms with van der Waals surface area (Å²) in [5.41, 5.74) is 13.6. The highest BCUT2D eigenvalue weighted by Gasteiger charge is 2.51. The summed E-state index contributed by atoms with van der Waals surface area (Å²) in [6.07, 6.45) is 0. The van der Waals surface area contributed by atoms with Gasteiger partial charge in [0.15, 0.2) is 17.5 Å². The molecule has 1 aliphatic heterocycles. The number of fused-ring (bicyclic) bond motifs is 10. The van der Waals surface area contributed by atoms with Crippen molar-refractivity contribution < 1.29 is 4.74 Å². The van der Waals surface area contributed by atoms with E-state index in [1.165, 1.54) is 22.3 Å². The summed E-state index contributed by atoms with van der Waals surface area (Å²) in [6.45, 7) is 0. The molecule has 0 saturated carbocycles. The Labute approximate surface area is 358 Å². The number of nitriles is 1. The number of para-hydroxylation sites is 1. The van der Waals surface area contributed by atoms with Crippen LogP contribution in [0.5, 0.6) is 11.5 Å². The first-order valence-electron chi connectivity index (χ1n) is 20.7. The van der Waals surface area contributed by atoms with Crippen LogP contribution in [0.2, 0.25) is 0 Å². The third-order valence-electron chi connectivity index (χ3n) is 12.5. The molecular formula is C57H34N4O. The van der Waals surface area contributed by atoms with Crippen molar-refractivity contribution in [2.75, 3.05) is 0 Å². The highest BCUT2D eigenvalue weighted by Crippen LogP contribution is 2.63. The molecule has 5 nitrogen and oxygen atoms in total. The molecule has 2 aliphatic rings. The molecule has 5 heteroatoms. The summed E-state index contributed by atoms with van der Waals surface area (Å²) in [7, 11) is 0. The largest absolute Gasteiger partial charge is 0.457 e. The maximum Gasteiger partial charge on any atom is 0.164 e. The van der Waals surface area contributed by atoms with Crippen LogP contribution in [0, 0.1) is 11.3 Å². The predicted molar refractivity (Wildman–Crippen MR) is 247 cm³/mol. The van der Waals surface area contributed by atoms with Crippen molar-refractivity contribution in [3.63, 3.8) is 0 Å². The Bertz CT molecular complexity index is 3340. The smallest absolute Gasteiger partial charge is 0.164 e. The minimum absolute atomic E-state index is 0.560. The van der Waals surface area contributed by atoms with Gasteiger partial charge in [0.05, 0.1) is 17.0 Å². The Kier molecular flexibility index (Phi) is 8.06. The van der Waals surface area contributed by atoms with Crippen LogP contribution < -0.4 is 4.74 Å². The van der Waals surface area contributed by atoms with Crippen molar-refractivity contribution in [1.82, 2.24) is 15.0 Å². The van der Waals surface area contributed by atoms with Gasteiger partial charge >= 0.3 is 0 Å². The number of nitrogens with zero attached hydrogens (tertiary/aromatic N) is 4. The van der Waals surface area contributed by atoms with Crippen LogP contribution in [0.25, 0.3) is 78.3 Å². The molecule has 1 aromatic heterocycles. The molecule has 288 valence electrons. The van der Waals surface area contributed by atoms with Crippen LogP contribution in [0.1, 0.15) is 27.8 Å². The lowest BCUT2D eigenvalue weighted by molar-refractivity contribution is 0.436. The second-order valence-corrected chi connectivity index (χ2v) is 15.8. The third kappa shape index (κ3) is 5.37. The molecule has 1 aliphatic carbocycles. The number of rotatable bonds is 5. The first-order chi connectivity index (χ1) is 30.7. The molecule has 1 spiro atoms. The molecule has 0 amide bonds. The monoisotopic (exact) mass is 790 g/mol. The summed E-state index contributed by atoms with van der Waals surface area (Å²) < 4.78 is 7.08. The molecule has 0 unspecified atom stereocenters. The molecule has 2 heterocycles. The lowest BCUT2D eigenvalue weighted by atomic mass is 9.65. The number of hydrogen-bond donors (Lipinski definition) is 0. The Hall–Kier alpha value is -8.46. The van der Waals surface area contributed by atoms with Gasteiger partial charge in [0, 0.05) is 27.8 Å². The SMILES string of the molecule is N#Cc1ccc(-c2ccc(-c3cc4c(cc3-c3nc(-c5ccccc5)nc(-c5ccccc5)n3)C3(c5ccccc5O4)c4ccccc4-c4ccccc43)c3ccccc23)cc1. The molecule has 0 atom stereocenters. The second kappa shape index (κ2) is 14.1. The molecule has 0 bridgehead atoms. The van der Waals surface area contributed by atoms with Crippen LogP contribution in [-0.2, 0) is 5.41 Å². The third-order valence-corrected chi connectivity index (χ3v) is 12.5. The summed E-state index contributed by atoms with van der Waals surface area (Å²) in [5.74, 6) is 3.34. The van der Waals surface area contributed by atoms with Crippen molar-refractivity contribution in [2.24, 2.45) is 0 Å². The van der Waals surface area contributed by atoms with E-state index in [4.69, 9.17) is 19.7 Å². The van der Waals surface area contributed by atoms with Gasteiger partial charge in [-0.1, -0.05) is 176 Å². The average Bonchev–Trinajstić information content (AvgIpc) is 3.64. The summed E-state index contributed by atoms with van der Waals surface area (Å²) in [4.78, 5) is 15.8. The van der Waals surface area contributed by atoms with Crippen molar-refractivity contribution in [1.29, 1.82) is 5.26 Å². The first kappa shape index (κ1) is 35.5. The molecule has 62 heavy (non-hydrogen) atoms. The molecule has 0 N–H and O–H groups in total. The maximum atomic E-state index is 9.55. The summed E-state index contributed by atoms with van der Waals surface area (Å²) >= 11 is 0. The molecular weight excluding hydrogens is 757 g/mol. The topological polar surface area (TPSA) is 71.7 Å². The van der Waals surface area contributed by atoms with Crippen molar-refractivity contribution >= 4 is 10.8 Å². The van der Waals surface area contributed by atoms with E-state index in [1.807, 2.05) is 84.9 Å². The van der Waals surface area contributed by atoms with E-state index >= 15 is 0 Å². The molecule has 0 fully saturated rings. The van der Waals surface area contributed by atoms with Gasteiger partial charge in [-0.2, -0.15) is 5.26 Å². The fourth-order valence-electron chi connectivity index (χ4n) is 9.75. The zero-order valence-corrected chi connectivity index (χ0v) is 33.3. The van der Waals surface area contributed by atoms with Crippen molar-refractivity contribution in [2.45, 2.75) is 5.41 Å². The van der Waals surface area contributed by atoms with Gasteiger partial charge in [-0.05, 0) is 85.6 Å². The fraction of sp³-hybridized carbons (Fsp3) is 0.0175. The van der Waals surface area contributed by atoms with Gasteiger partial charge in [-0.25, -0.2) is 15.0 Å². The number of aromatic nitrogens is 3. The fourth-order valence-corrected chi connectivity index (χ4v) is 9.75. The van der Waals surface area contributed by atoms with Crippen molar-refractivity contribution in [3.05, 3.63) is 234 Å². The Morgan fingerprint density at radius 3 is 1.50 bits per heavy atom. The Morgan fingerprint density at radius 1 is 0.355 bits per heavy atom. The van der Waals surface area contributed by atoms with E-state index in [-0.39, 0.29) is 0 Å². The van der Waals surface area contributed by atoms with Gasteiger partial charge in [0.1, 0.15) is 11.5 Å². The number of hydrogen-bond acceptors (Lipinski definition) is 5. The van der Waals surface area contributed by atoms with E-state index in [1.54, 1.807) is 0 Å². The predicted octanol–water partition coefficient (Wildman–Crippen LogP) is 13.7. The average molecular weight is 791 g/mol. The maximum absolute atomic E-state index is 9.55. The number of benzene rings is 9. The molecule has 0 radical (unpaired) electrons. The quantitative estimate of drug-likeness (QED) is 0.174. The van der Waals surface area contributed by atoms with E-state index in [2.05, 4.69) is 127 Å². The Balaban J connectivity index is 1.20. The molecule has 9 aromatic carbocycles. The Morgan fingerprint density at radius 2 is 0.871 bits per heavy atom. The lowest BCUT2D eigenvalue weighted by Crippen LogP contribution is -2.32. The van der Waals surface area contributed by atoms with Crippen LogP contribution in [0.3, 0.4) is 0 Å². The zero-order chi connectivity index (χ0) is 41.2. The van der Waals surface area contributed by atoms with Crippen molar-refractivity contribution in [3.8, 4) is 85.1 Å². The summed E-state index contributed by atoms with van der Waals surface area (Å²) in [6, 6.07) is 73.7. The minimum atomic E-state index is -0.691. The van der Waals surface area contributed by atoms with Gasteiger partial charge in [-0.15, -0.1) is 0 Å². The van der Waals surface area contributed by atoms with Crippen LogP contribution in [0.4, 0.5) is 0 Å². The zero-order valence-electron chi connectivity index (χ0n) is 33.3. The van der Waals surface area contributed by atoms with E-state index in [0.717, 1.165) is 72.3 Å². The second-order valence-electron chi connectivity index (χ2n) is 15.8. The highest BCUT2D eigenvalue weighted by molar-refractivity contribution is 6.07. The molecule has 0 saturated heterocycles. The standard InChI is InChI=1S/C57H34N4O/c58-35-36-27-29-37(30-28-36)40-31-32-43(42-20-8-7-19-41(40)42)46-34-53-51(33-47(46)56-60-54(38-15-3-1-4-16-38)59-55(61-56)39-17-5-2-6-18-39)57(50-25-13-14-26-52(50)62-53)48-23-11-9-21-44(48)45-22-10-12-24-49(45)57/h1-34H. The van der Waals surface area contributed by atoms with Gasteiger partial charge < -0.3 is 4.74 Å². The lowest BCUT2D eigenvalue weighted by Gasteiger charge is -2.40. The number of ether oxygens (including phenoxy) is 1. The van der Waals surface area contributed by atoms with E-state index in [0.29, 0.717) is 23.0 Å². The van der Waals surface area contributed by atoms with Crippen LogP contribution in [0.15, 0.2) is 206 Å².